The molecule has 2 heteroatoms. The lowest BCUT2D eigenvalue weighted by atomic mass is 9.72. The summed E-state index contributed by atoms with van der Waals surface area (Å²) in [6.07, 6.45) is 5.29. The van der Waals surface area contributed by atoms with Gasteiger partial charge >= 0.3 is 0 Å². The topological polar surface area (TPSA) is 12.5 Å². The van der Waals surface area contributed by atoms with Gasteiger partial charge in [-0.25, -0.2) is 0 Å². The van der Waals surface area contributed by atoms with Gasteiger partial charge in [0.2, 0.25) is 0 Å². The molecule has 0 unspecified atom stereocenters. The van der Waals surface area contributed by atoms with E-state index in [9.17, 15) is 0 Å². The monoisotopic (exact) mass is 335 g/mol. The molecular formula is C23H29NO. The minimum Gasteiger partial charge on any atom is -0.376 e. The molecule has 2 aliphatic rings. The van der Waals surface area contributed by atoms with Gasteiger partial charge in [-0.3, -0.25) is 4.90 Å². The zero-order valence-electron chi connectivity index (χ0n) is 15.1. The van der Waals surface area contributed by atoms with E-state index in [1.807, 2.05) is 0 Å². The number of likely N-dealkylation sites (tertiary alicyclic amines) is 1. The first kappa shape index (κ1) is 16.8. The zero-order valence-corrected chi connectivity index (χ0v) is 15.1. The standard InChI is InChI=1S/C23H29NO/c1-2-6-20(7-3-1)17-25-18-21-14-23(15-21)22-10-8-19(9-11-22)16-24-12-4-5-13-24/h1-3,6-11,21,23H,4-5,12-18H2/t21-,23-. The predicted molar refractivity (Wildman–Crippen MR) is 103 cm³/mol. The van der Waals surface area contributed by atoms with E-state index >= 15 is 0 Å². The first-order valence-electron chi connectivity index (χ1n) is 9.80. The Morgan fingerprint density at radius 1 is 0.840 bits per heavy atom. The molecule has 2 aromatic rings. The fourth-order valence-electron chi connectivity index (χ4n) is 4.16. The highest BCUT2D eigenvalue weighted by Crippen LogP contribution is 2.41. The van der Waals surface area contributed by atoms with E-state index in [1.54, 1.807) is 0 Å². The molecule has 2 nitrogen and oxygen atoms in total. The molecule has 0 atom stereocenters. The van der Waals surface area contributed by atoms with Gasteiger partial charge in [0.05, 0.1) is 6.61 Å². The summed E-state index contributed by atoms with van der Waals surface area (Å²) in [7, 11) is 0. The Bertz CT molecular complexity index is 640. The van der Waals surface area contributed by atoms with Crippen LogP contribution in [0.25, 0.3) is 0 Å². The van der Waals surface area contributed by atoms with E-state index in [0.29, 0.717) is 0 Å². The Hall–Kier alpha value is -1.64. The average Bonchev–Trinajstić information content (AvgIpc) is 3.12. The highest BCUT2D eigenvalue weighted by molar-refractivity contribution is 5.27. The average molecular weight is 335 g/mol. The molecule has 1 aliphatic heterocycles. The van der Waals surface area contributed by atoms with E-state index in [2.05, 4.69) is 59.5 Å². The molecule has 0 bridgehead atoms. The van der Waals surface area contributed by atoms with Gasteiger partial charge in [-0.2, -0.15) is 0 Å². The Morgan fingerprint density at radius 2 is 1.56 bits per heavy atom. The van der Waals surface area contributed by atoms with Crippen molar-refractivity contribution in [2.75, 3.05) is 19.7 Å². The van der Waals surface area contributed by atoms with Crippen molar-refractivity contribution in [2.45, 2.75) is 44.8 Å². The van der Waals surface area contributed by atoms with Crippen LogP contribution in [0, 0.1) is 5.92 Å². The number of nitrogens with zero attached hydrogens (tertiary/aromatic N) is 1. The largest absolute Gasteiger partial charge is 0.376 e. The molecule has 0 aromatic heterocycles. The Balaban J connectivity index is 1.18. The van der Waals surface area contributed by atoms with Crippen molar-refractivity contribution in [3.63, 3.8) is 0 Å². The lowest BCUT2D eigenvalue weighted by Crippen LogP contribution is -2.26. The van der Waals surface area contributed by atoms with Crippen molar-refractivity contribution in [3.05, 3.63) is 71.3 Å². The lowest BCUT2D eigenvalue weighted by molar-refractivity contribution is 0.0508. The Morgan fingerprint density at radius 3 is 2.28 bits per heavy atom. The van der Waals surface area contributed by atoms with Gasteiger partial charge in [0.1, 0.15) is 0 Å². The third-order valence-corrected chi connectivity index (χ3v) is 5.76. The van der Waals surface area contributed by atoms with Crippen LogP contribution in [0.3, 0.4) is 0 Å². The molecule has 1 saturated carbocycles. The number of benzene rings is 2. The molecule has 1 saturated heterocycles. The van der Waals surface area contributed by atoms with Gasteiger partial charge in [0, 0.05) is 13.2 Å². The molecule has 0 radical (unpaired) electrons. The van der Waals surface area contributed by atoms with Gasteiger partial charge < -0.3 is 4.74 Å². The molecule has 2 fully saturated rings. The van der Waals surface area contributed by atoms with E-state index < -0.39 is 0 Å². The van der Waals surface area contributed by atoms with Crippen molar-refractivity contribution in [3.8, 4) is 0 Å². The van der Waals surface area contributed by atoms with E-state index in [1.165, 1.54) is 55.5 Å². The van der Waals surface area contributed by atoms with Crippen LogP contribution in [0.5, 0.6) is 0 Å². The molecule has 0 amide bonds. The number of hydrogen-bond donors (Lipinski definition) is 0. The maximum atomic E-state index is 5.90. The molecule has 2 aromatic carbocycles. The van der Waals surface area contributed by atoms with Crippen LogP contribution in [-0.4, -0.2) is 24.6 Å². The summed E-state index contributed by atoms with van der Waals surface area (Å²) in [6.45, 7) is 5.32. The van der Waals surface area contributed by atoms with Crippen molar-refractivity contribution >= 4 is 0 Å². The molecule has 4 rings (SSSR count). The second kappa shape index (κ2) is 8.16. The first-order valence-corrected chi connectivity index (χ1v) is 9.80. The van der Waals surface area contributed by atoms with Gasteiger partial charge in [0.15, 0.2) is 0 Å². The van der Waals surface area contributed by atoms with Crippen LogP contribution >= 0.6 is 0 Å². The summed E-state index contributed by atoms with van der Waals surface area (Å²) in [4.78, 5) is 2.57. The minimum absolute atomic E-state index is 0.734. The van der Waals surface area contributed by atoms with Gasteiger partial charge in [0.25, 0.3) is 0 Å². The molecule has 25 heavy (non-hydrogen) atoms. The molecule has 1 aliphatic carbocycles. The SMILES string of the molecule is c1ccc(COC[C@H]2C[C@H](c3ccc(CN4CCCC4)cc3)C2)cc1. The smallest absolute Gasteiger partial charge is 0.0717 e. The summed E-state index contributed by atoms with van der Waals surface area (Å²) in [5.41, 5.74) is 4.25. The molecule has 0 N–H and O–H groups in total. The third-order valence-electron chi connectivity index (χ3n) is 5.76. The fourth-order valence-corrected chi connectivity index (χ4v) is 4.16. The summed E-state index contributed by atoms with van der Waals surface area (Å²) < 4.78 is 5.90. The highest BCUT2D eigenvalue weighted by Gasteiger charge is 2.30. The lowest BCUT2D eigenvalue weighted by Gasteiger charge is -2.35. The van der Waals surface area contributed by atoms with Crippen LogP contribution in [0.15, 0.2) is 54.6 Å². The van der Waals surface area contributed by atoms with Gasteiger partial charge in [-0.1, -0.05) is 54.6 Å². The normalized spacial score (nSPS) is 23.5. The van der Waals surface area contributed by atoms with E-state index in [0.717, 1.165) is 31.6 Å². The highest BCUT2D eigenvalue weighted by atomic mass is 16.5. The third kappa shape index (κ3) is 4.50. The second-order valence-electron chi connectivity index (χ2n) is 7.76. The second-order valence-corrected chi connectivity index (χ2v) is 7.76. The summed E-state index contributed by atoms with van der Waals surface area (Å²) >= 11 is 0. The summed E-state index contributed by atoms with van der Waals surface area (Å²) in [6, 6.07) is 19.9. The molecular weight excluding hydrogens is 306 g/mol. The predicted octanol–water partition coefficient (Wildman–Crippen LogP) is 4.99. The van der Waals surface area contributed by atoms with Crippen LogP contribution in [-0.2, 0) is 17.9 Å². The molecule has 1 heterocycles. The quantitative estimate of drug-likeness (QED) is 0.706. The van der Waals surface area contributed by atoms with Crippen LogP contribution in [0.1, 0.15) is 48.3 Å². The fraction of sp³-hybridized carbons (Fsp3) is 0.478. The van der Waals surface area contributed by atoms with Crippen LogP contribution in [0.2, 0.25) is 0 Å². The summed E-state index contributed by atoms with van der Waals surface area (Å²) in [5, 5.41) is 0. The molecule has 0 spiro atoms. The van der Waals surface area contributed by atoms with Crippen molar-refractivity contribution in [1.29, 1.82) is 0 Å². The van der Waals surface area contributed by atoms with Crippen LogP contribution in [0.4, 0.5) is 0 Å². The molecule has 132 valence electrons. The van der Waals surface area contributed by atoms with Crippen LogP contribution < -0.4 is 0 Å². The maximum absolute atomic E-state index is 5.90. The van der Waals surface area contributed by atoms with Gasteiger partial charge in [-0.05, 0) is 67.3 Å². The Labute approximate surface area is 151 Å². The number of ether oxygens (including phenoxy) is 1. The maximum Gasteiger partial charge on any atom is 0.0717 e. The van der Waals surface area contributed by atoms with Crippen molar-refractivity contribution < 1.29 is 4.74 Å². The minimum atomic E-state index is 0.734. The first-order chi connectivity index (χ1) is 12.4. The van der Waals surface area contributed by atoms with Crippen molar-refractivity contribution in [2.24, 2.45) is 5.92 Å². The zero-order chi connectivity index (χ0) is 16.9. The number of rotatable bonds is 7. The van der Waals surface area contributed by atoms with E-state index in [4.69, 9.17) is 4.74 Å². The Kier molecular flexibility index (Phi) is 5.49. The summed E-state index contributed by atoms with van der Waals surface area (Å²) in [5.74, 6) is 1.48. The van der Waals surface area contributed by atoms with E-state index in [-0.39, 0.29) is 0 Å². The van der Waals surface area contributed by atoms with Crippen molar-refractivity contribution in [1.82, 2.24) is 4.90 Å². The van der Waals surface area contributed by atoms with Gasteiger partial charge in [-0.15, -0.1) is 0 Å². The number of hydrogen-bond acceptors (Lipinski definition) is 2.